The highest BCUT2D eigenvalue weighted by molar-refractivity contribution is 5.42. The molecule has 0 fully saturated rings. The molecule has 4 heteroatoms. The fourth-order valence-corrected chi connectivity index (χ4v) is 2.15. The summed E-state index contributed by atoms with van der Waals surface area (Å²) in [5.41, 5.74) is 1.22. The first-order valence-electron chi connectivity index (χ1n) is 7.43. The van der Waals surface area contributed by atoms with Crippen molar-refractivity contribution in [3.8, 4) is 17.2 Å². The molecule has 0 aromatic heterocycles. The van der Waals surface area contributed by atoms with E-state index < -0.39 is 0 Å². The van der Waals surface area contributed by atoms with E-state index in [1.165, 1.54) is 5.56 Å². The van der Waals surface area contributed by atoms with E-state index >= 15 is 0 Å². The van der Waals surface area contributed by atoms with Crippen LogP contribution in [0.2, 0.25) is 0 Å². The maximum atomic E-state index is 5.63. The van der Waals surface area contributed by atoms with Crippen LogP contribution in [0.4, 0.5) is 0 Å². The van der Waals surface area contributed by atoms with E-state index in [2.05, 4.69) is 11.4 Å². The van der Waals surface area contributed by atoms with Crippen molar-refractivity contribution in [1.82, 2.24) is 5.32 Å². The Morgan fingerprint density at radius 2 is 1.64 bits per heavy atom. The molecule has 0 atom stereocenters. The van der Waals surface area contributed by atoms with Crippen LogP contribution in [0.15, 0.2) is 48.5 Å². The minimum atomic E-state index is 0.663. The van der Waals surface area contributed by atoms with E-state index in [-0.39, 0.29) is 0 Å². The molecule has 0 saturated heterocycles. The van der Waals surface area contributed by atoms with Gasteiger partial charge in [0.2, 0.25) is 0 Å². The summed E-state index contributed by atoms with van der Waals surface area (Å²) < 4.78 is 16.2. The Labute approximate surface area is 132 Å². The van der Waals surface area contributed by atoms with Gasteiger partial charge in [0.25, 0.3) is 0 Å². The smallest absolute Gasteiger partial charge is 0.160 e. The number of methoxy groups -OCH3 is 2. The molecule has 22 heavy (non-hydrogen) atoms. The number of para-hydroxylation sites is 1. The highest BCUT2D eigenvalue weighted by Crippen LogP contribution is 2.27. The number of ether oxygens (including phenoxy) is 3. The van der Waals surface area contributed by atoms with Crippen LogP contribution in [0.25, 0.3) is 0 Å². The van der Waals surface area contributed by atoms with Gasteiger partial charge in [-0.15, -0.1) is 0 Å². The summed E-state index contributed by atoms with van der Waals surface area (Å²) in [7, 11) is 3.30. The second kappa shape index (κ2) is 8.95. The van der Waals surface area contributed by atoms with Crippen molar-refractivity contribution < 1.29 is 14.2 Å². The largest absolute Gasteiger partial charge is 0.493 e. The SMILES string of the molecule is COc1ccc(CCNCCOc2ccccc2)cc1OC. The average Bonchev–Trinajstić information content (AvgIpc) is 2.58. The van der Waals surface area contributed by atoms with Crippen LogP contribution < -0.4 is 19.5 Å². The Kier molecular flexibility index (Phi) is 6.58. The van der Waals surface area contributed by atoms with Crippen molar-refractivity contribution in [3.63, 3.8) is 0 Å². The fourth-order valence-electron chi connectivity index (χ4n) is 2.15. The summed E-state index contributed by atoms with van der Waals surface area (Å²) in [6, 6.07) is 15.9. The first-order chi connectivity index (χ1) is 10.8. The number of hydrogen-bond donors (Lipinski definition) is 1. The second-order valence-electron chi connectivity index (χ2n) is 4.85. The van der Waals surface area contributed by atoms with Gasteiger partial charge in [-0.1, -0.05) is 24.3 Å². The molecule has 4 nitrogen and oxygen atoms in total. The predicted octanol–water partition coefficient (Wildman–Crippen LogP) is 2.91. The van der Waals surface area contributed by atoms with Gasteiger partial charge in [-0.2, -0.15) is 0 Å². The Hall–Kier alpha value is -2.20. The van der Waals surface area contributed by atoms with Gasteiger partial charge >= 0.3 is 0 Å². The minimum absolute atomic E-state index is 0.663. The number of nitrogens with one attached hydrogen (secondary N) is 1. The van der Waals surface area contributed by atoms with E-state index in [0.717, 1.165) is 36.8 Å². The molecule has 0 amide bonds. The third kappa shape index (κ3) is 4.97. The standard InChI is InChI=1S/C18H23NO3/c1-20-17-9-8-15(14-18(17)21-2)10-11-19-12-13-22-16-6-4-3-5-7-16/h3-9,14,19H,10-13H2,1-2H3. The van der Waals surface area contributed by atoms with Crippen LogP contribution in [0.5, 0.6) is 17.2 Å². The Bertz CT molecular complexity index is 558. The number of hydrogen-bond acceptors (Lipinski definition) is 4. The first kappa shape index (κ1) is 16.2. The van der Waals surface area contributed by atoms with Crippen molar-refractivity contribution in [2.75, 3.05) is 33.9 Å². The average molecular weight is 301 g/mol. The minimum Gasteiger partial charge on any atom is -0.493 e. The molecule has 2 rings (SSSR count). The number of benzene rings is 2. The molecule has 0 bridgehead atoms. The maximum absolute atomic E-state index is 5.63. The van der Waals surface area contributed by atoms with E-state index in [1.807, 2.05) is 42.5 Å². The van der Waals surface area contributed by atoms with Crippen LogP contribution in [0.1, 0.15) is 5.56 Å². The molecule has 0 radical (unpaired) electrons. The van der Waals surface area contributed by atoms with E-state index in [9.17, 15) is 0 Å². The zero-order chi connectivity index (χ0) is 15.6. The van der Waals surface area contributed by atoms with Gasteiger partial charge in [0.1, 0.15) is 12.4 Å². The summed E-state index contributed by atoms with van der Waals surface area (Å²) in [5, 5.41) is 3.37. The fraction of sp³-hybridized carbons (Fsp3) is 0.333. The lowest BCUT2D eigenvalue weighted by Gasteiger charge is -2.10. The normalized spacial score (nSPS) is 10.3. The molecule has 2 aromatic carbocycles. The van der Waals surface area contributed by atoms with Gasteiger partial charge in [-0.05, 0) is 42.8 Å². The molecule has 0 aliphatic carbocycles. The molecular weight excluding hydrogens is 278 g/mol. The van der Waals surface area contributed by atoms with Gasteiger partial charge in [-0.25, -0.2) is 0 Å². The Morgan fingerprint density at radius 3 is 2.36 bits per heavy atom. The lowest BCUT2D eigenvalue weighted by atomic mass is 10.1. The molecule has 0 spiro atoms. The topological polar surface area (TPSA) is 39.7 Å². The summed E-state index contributed by atoms with van der Waals surface area (Å²) in [6.45, 7) is 2.38. The van der Waals surface area contributed by atoms with Crippen LogP contribution in [0, 0.1) is 0 Å². The summed E-state index contributed by atoms with van der Waals surface area (Å²) in [6.07, 6.45) is 0.936. The molecule has 0 heterocycles. The summed E-state index contributed by atoms with van der Waals surface area (Å²) in [5.74, 6) is 2.44. The van der Waals surface area contributed by atoms with Crippen LogP contribution >= 0.6 is 0 Å². The van der Waals surface area contributed by atoms with Crippen LogP contribution in [0.3, 0.4) is 0 Å². The predicted molar refractivity (Wildman–Crippen MR) is 88.1 cm³/mol. The van der Waals surface area contributed by atoms with Gasteiger partial charge in [0.05, 0.1) is 14.2 Å². The molecule has 0 saturated carbocycles. The van der Waals surface area contributed by atoms with Crippen molar-refractivity contribution in [3.05, 3.63) is 54.1 Å². The molecule has 1 N–H and O–H groups in total. The van der Waals surface area contributed by atoms with E-state index in [1.54, 1.807) is 14.2 Å². The Morgan fingerprint density at radius 1 is 0.864 bits per heavy atom. The monoisotopic (exact) mass is 301 g/mol. The quantitative estimate of drug-likeness (QED) is 0.723. The Balaban J connectivity index is 1.66. The highest BCUT2D eigenvalue weighted by Gasteiger charge is 2.04. The van der Waals surface area contributed by atoms with E-state index in [0.29, 0.717) is 6.61 Å². The molecule has 118 valence electrons. The maximum Gasteiger partial charge on any atom is 0.160 e. The van der Waals surface area contributed by atoms with Gasteiger partial charge in [0, 0.05) is 6.54 Å². The van der Waals surface area contributed by atoms with E-state index in [4.69, 9.17) is 14.2 Å². The van der Waals surface area contributed by atoms with Gasteiger partial charge in [0.15, 0.2) is 11.5 Å². The lowest BCUT2D eigenvalue weighted by molar-refractivity contribution is 0.314. The van der Waals surface area contributed by atoms with Crippen LogP contribution in [-0.2, 0) is 6.42 Å². The summed E-state index contributed by atoms with van der Waals surface area (Å²) >= 11 is 0. The second-order valence-corrected chi connectivity index (χ2v) is 4.85. The zero-order valence-electron chi connectivity index (χ0n) is 13.2. The molecule has 0 unspecified atom stereocenters. The van der Waals surface area contributed by atoms with Crippen molar-refractivity contribution in [2.24, 2.45) is 0 Å². The molecule has 2 aromatic rings. The third-order valence-electron chi connectivity index (χ3n) is 3.33. The third-order valence-corrected chi connectivity index (χ3v) is 3.33. The lowest BCUT2D eigenvalue weighted by Crippen LogP contribution is -2.23. The van der Waals surface area contributed by atoms with Crippen molar-refractivity contribution in [2.45, 2.75) is 6.42 Å². The first-order valence-corrected chi connectivity index (χ1v) is 7.43. The summed E-state index contributed by atoms with van der Waals surface area (Å²) in [4.78, 5) is 0. The molecular formula is C18H23NO3. The molecule has 0 aliphatic rings. The highest BCUT2D eigenvalue weighted by atomic mass is 16.5. The van der Waals surface area contributed by atoms with Gasteiger partial charge < -0.3 is 19.5 Å². The van der Waals surface area contributed by atoms with Gasteiger partial charge in [-0.3, -0.25) is 0 Å². The van der Waals surface area contributed by atoms with Crippen LogP contribution in [-0.4, -0.2) is 33.9 Å². The molecule has 0 aliphatic heterocycles. The number of rotatable bonds is 9. The van der Waals surface area contributed by atoms with Crippen molar-refractivity contribution in [1.29, 1.82) is 0 Å². The zero-order valence-corrected chi connectivity index (χ0v) is 13.2. The van der Waals surface area contributed by atoms with Crippen molar-refractivity contribution >= 4 is 0 Å².